The third-order valence-electron chi connectivity index (χ3n) is 10.0. The van der Waals surface area contributed by atoms with Crippen molar-refractivity contribution in [2.24, 2.45) is 0 Å². The van der Waals surface area contributed by atoms with Gasteiger partial charge in [0.25, 0.3) is 0 Å². The van der Waals surface area contributed by atoms with Crippen molar-refractivity contribution in [1.82, 2.24) is 19.5 Å². The molecular formula is C45H28N4O5S. The van der Waals surface area contributed by atoms with E-state index in [1.54, 1.807) is 11.3 Å². The molecule has 3 heterocycles. The van der Waals surface area contributed by atoms with Gasteiger partial charge in [0, 0.05) is 42.1 Å². The van der Waals surface area contributed by atoms with E-state index in [9.17, 15) is 25.5 Å². The van der Waals surface area contributed by atoms with Gasteiger partial charge in [-0.05, 0) is 47.5 Å². The fourth-order valence-electron chi connectivity index (χ4n) is 7.46. The van der Waals surface area contributed by atoms with Crippen molar-refractivity contribution in [1.29, 1.82) is 0 Å². The maximum absolute atomic E-state index is 10.9. The molecule has 0 saturated carbocycles. The van der Waals surface area contributed by atoms with Gasteiger partial charge in [-0.2, -0.15) is 0 Å². The zero-order chi connectivity index (χ0) is 37.4. The summed E-state index contributed by atoms with van der Waals surface area (Å²) in [5.41, 5.74) is 6.33. The summed E-state index contributed by atoms with van der Waals surface area (Å²) >= 11 is 1.60. The number of hydrogen-bond donors (Lipinski definition) is 5. The van der Waals surface area contributed by atoms with Crippen LogP contribution in [0.1, 0.15) is 0 Å². The molecule has 10 aromatic rings. The molecule has 0 bridgehead atoms. The molecule has 264 valence electrons. The minimum atomic E-state index is -1.07. The minimum Gasteiger partial charge on any atom is -0.504 e. The molecule has 0 aliphatic heterocycles. The molecule has 55 heavy (non-hydrogen) atoms. The smallest absolute Gasteiger partial charge is 0.208 e. The summed E-state index contributed by atoms with van der Waals surface area (Å²) < 4.78 is 4.27. The van der Waals surface area contributed by atoms with Crippen LogP contribution in [0.2, 0.25) is 0 Å². The summed E-state index contributed by atoms with van der Waals surface area (Å²) in [4.78, 5) is 14.1. The molecule has 10 heteroatoms. The first-order chi connectivity index (χ1) is 26.9. The van der Waals surface area contributed by atoms with Gasteiger partial charge < -0.3 is 30.1 Å². The van der Waals surface area contributed by atoms with E-state index in [0.717, 1.165) is 58.8 Å². The van der Waals surface area contributed by atoms with E-state index in [0.29, 0.717) is 11.1 Å². The Bertz CT molecular complexity index is 3130. The van der Waals surface area contributed by atoms with Crippen molar-refractivity contribution in [3.63, 3.8) is 0 Å². The van der Waals surface area contributed by atoms with Crippen molar-refractivity contribution in [3.8, 4) is 79.7 Å². The number of fused-ring (bicyclic) bond motifs is 6. The summed E-state index contributed by atoms with van der Waals surface area (Å²) in [5.74, 6) is -4.65. The van der Waals surface area contributed by atoms with Crippen molar-refractivity contribution >= 4 is 53.3 Å². The van der Waals surface area contributed by atoms with Crippen LogP contribution in [0.4, 0.5) is 0 Å². The van der Waals surface area contributed by atoms with Crippen LogP contribution in [0.5, 0.6) is 28.7 Å². The predicted molar refractivity (Wildman–Crippen MR) is 217 cm³/mol. The Morgan fingerprint density at radius 3 is 1.80 bits per heavy atom. The molecule has 7 aromatic carbocycles. The molecular weight excluding hydrogens is 709 g/mol. The molecule has 10 rings (SSSR count). The van der Waals surface area contributed by atoms with E-state index < -0.39 is 34.3 Å². The van der Waals surface area contributed by atoms with Crippen LogP contribution in [0.25, 0.3) is 93.0 Å². The van der Waals surface area contributed by atoms with Crippen molar-refractivity contribution in [3.05, 3.63) is 140 Å². The molecule has 0 unspecified atom stereocenters. The van der Waals surface area contributed by atoms with Gasteiger partial charge in [0.15, 0.2) is 29.0 Å². The van der Waals surface area contributed by atoms with Gasteiger partial charge in [-0.25, -0.2) is 15.0 Å². The van der Waals surface area contributed by atoms with Crippen LogP contribution in [0.15, 0.2) is 140 Å². The quantitative estimate of drug-likeness (QED) is 0.0867. The van der Waals surface area contributed by atoms with Gasteiger partial charge in [0.05, 0.1) is 16.7 Å². The third-order valence-corrected chi connectivity index (χ3v) is 11.2. The molecule has 9 nitrogen and oxygen atoms in total. The number of para-hydroxylation sites is 1. The van der Waals surface area contributed by atoms with E-state index in [4.69, 9.17) is 9.97 Å². The third kappa shape index (κ3) is 4.96. The standard InChI is InChI=1S/C45H28N4O5S/c50-37-36(38(51)40(53)41(54)39(37)52)45-47-43(25-13-5-2-6-14-25)46-44(48-45)29-17-9-16-28-35-33(19-10-20-34(35)55-42(28)29)49-31-18-8-7-15-27(31)30-23-26(21-22-32(30)49)24-11-3-1-4-12-24/h1-23,50-54H. The highest BCUT2D eigenvalue weighted by molar-refractivity contribution is 7.26. The van der Waals surface area contributed by atoms with Gasteiger partial charge in [-0.3, -0.25) is 0 Å². The van der Waals surface area contributed by atoms with Crippen LogP contribution in [0, 0.1) is 0 Å². The fourth-order valence-corrected chi connectivity index (χ4v) is 8.69. The van der Waals surface area contributed by atoms with E-state index in [1.807, 2.05) is 48.5 Å². The highest BCUT2D eigenvalue weighted by Crippen LogP contribution is 2.54. The van der Waals surface area contributed by atoms with Gasteiger partial charge in [0.2, 0.25) is 17.2 Å². The molecule has 0 atom stereocenters. The SMILES string of the molecule is Oc1c(O)c(O)c(-c2nc(-c3ccccc3)nc(-c3cccc4c3sc3cccc(-n5c6ccccc6c6cc(-c7ccccc7)ccc65)c34)n2)c(O)c1O. The largest absolute Gasteiger partial charge is 0.504 e. The Morgan fingerprint density at radius 2 is 1.04 bits per heavy atom. The lowest BCUT2D eigenvalue weighted by Gasteiger charge is -2.13. The number of nitrogens with zero attached hydrogens (tertiary/aromatic N) is 4. The molecule has 0 fully saturated rings. The molecule has 0 radical (unpaired) electrons. The summed E-state index contributed by atoms with van der Waals surface area (Å²) in [6, 6.07) is 46.8. The Morgan fingerprint density at radius 1 is 0.436 bits per heavy atom. The molecule has 0 aliphatic rings. The van der Waals surface area contributed by atoms with E-state index in [-0.39, 0.29) is 17.5 Å². The van der Waals surface area contributed by atoms with E-state index in [2.05, 4.69) is 101 Å². The molecule has 5 N–H and O–H groups in total. The highest BCUT2D eigenvalue weighted by atomic mass is 32.1. The predicted octanol–water partition coefficient (Wildman–Crippen LogP) is 10.5. The van der Waals surface area contributed by atoms with Crippen molar-refractivity contribution in [2.45, 2.75) is 0 Å². The molecule has 0 amide bonds. The molecule has 0 spiro atoms. The van der Waals surface area contributed by atoms with Crippen LogP contribution in [0.3, 0.4) is 0 Å². The Kier molecular flexibility index (Phi) is 7.23. The average molecular weight is 737 g/mol. The normalized spacial score (nSPS) is 11.6. The Labute approximate surface area is 316 Å². The van der Waals surface area contributed by atoms with Gasteiger partial charge in [-0.1, -0.05) is 103 Å². The highest BCUT2D eigenvalue weighted by Gasteiger charge is 2.28. The van der Waals surface area contributed by atoms with Gasteiger partial charge in [0.1, 0.15) is 5.56 Å². The lowest BCUT2D eigenvalue weighted by molar-refractivity contribution is 0.329. The first-order valence-electron chi connectivity index (χ1n) is 17.4. The van der Waals surface area contributed by atoms with Crippen LogP contribution < -0.4 is 0 Å². The Hall–Kier alpha value is -7.43. The van der Waals surface area contributed by atoms with Crippen LogP contribution in [-0.2, 0) is 0 Å². The average Bonchev–Trinajstić information content (AvgIpc) is 3.79. The maximum Gasteiger partial charge on any atom is 0.208 e. The number of benzene rings is 7. The summed E-state index contributed by atoms with van der Waals surface area (Å²) in [6.45, 7) is 0. The second kappa shape index (κ2) is 12.3. The number of hydrogen-bond acceptors (Lipinski definition) is 9. The number of phenolic OH excluding ortho intramolecular Hbond substituents is 5. The fraction of sp³-hybridized carbons (Fsp3) is 0. The van der Waals surface area contributed by atoms with Gasteiger partial charge in [-0.15, -0.1) is 11.3 Å². The first-order valence-corrected chi connectivity index (χ1v) is 18.2. The lowest BCUT2D eigenvalue weighted by atomic mass is 10.0. The monoisotopic (exact) mass is 736 g/mol. The topological polar surface area (TPSA) is 145 Å². The number of aromatic nitrogens is 4. The van der Waals surface area contributed by atoms with Gasteiger partial charge >= 0.3 is 0 Å². The maximum atomic E-state index is 10.9. The van der Waals surface area contributed by atoms with Crippen molar-refractivity contribution < 1.29 is 25.5 Å². The van der Waals surface area contributed by atoms with E-state index in [1.165, 1.54) is 0 Å². The second-order valence-electron chi connectivity index (χ2n) is 13.2. The summed E-state index contributed by atoms with van der Waals surface area (Å²) in [7, 11) is 0. The zero-order valence-electron chi connectivity index (χ0n) is 28.7. The molecule has 3 aromatic heterocycles. The number of thiophene rings is 1. The zero-order valence-corrected chi connectivity index (χ0v) is 29.5. The molecule has 0 aliphatic carbocycles. The minimum absolute atomic E-state index is 0.219. The van der Waals surface area contributed by atoms with Crippen LogP contribution >= 0.6 is 11.3 Å². The lowest BCUT2D eigenvalue weighted by Crippen LogP contribution is -2.01. The summed E-state index contributed by atoms with van der Waals surface area (Å²) in [6.07, 6.45) is 0. The van der Waals surface area contributed by atoms with Crippen molar-refractivity contribution in [2.75, 3.05) is 0 Å². The number of rotatable bonds is 5. The van der Waals surface area contributed by atoms with E-state index >= 15 is 0 Å². The number of aromatic hydroxyl groups is 5. The summed E-state index contributed by atoms with van der Waals surface area (Å²) in [5, 5.41) is 57.0. The first kappa shape index (κ1) is 32.2. The molecule has 0 saturated heterocycles. The second-order valence-corrected chi connectivity index (χ2v) is 14.2. The van der Waals surface area contributed by atoms with Crippen LogP contribution in [-0.4, -0.2) is 45.1 Å². The number of phenols is 5. The Balaban J connectivity index is 1.22.